The quantitative estimate of drug-likeness (QED) is 0.164. The fourth-order valence-corrected chi connectivity index (χ4v) is 19.7. The zero-order chi connectivity index (χ0) is 52.9. The first-order valence-corrected chi connectivity index (χ1v) is 29.6. The van der Waals surface area contributed by atoms with Crippen LogP contribution in [0.1, 0.15) is 0 Å². The number of hydrogen-bond donors (Lipinski definition) is 0. The molecule has 0 radical (unpaired) electrons. The second kappa shape index (κ2) is 16.7. The van der Waals surface area contributed by atoms with E-state index in [2.05, 4.69) is 228 Å². The van der Waals surface area contributed by atoms with Gasteiger partial charge in [-0.3, -0.25) is 0 Å². The average molecular weight is 1050 g/mol. The van der Waals surface area contributed by atoms with Crippen LogP contribution in [-0.4, -0.2) is 18.0 Å². The van der Waals surface area contributed by atoms with E-state index in [4.69, 9.17) is 18.8 Å². The summed E-state index contributed by atoms with van der Waals surface area (Å²) in [6.07, 6.45) is 0. The number of nitrogens with zero attached hydrogens (tertiary/aromatic N) is 4. The molecule has 81 heavy (non-hydrogen) atoms. The molecular weight excluding hydrogens is 1000 g/mol. The Morgan fingerprint density at radius 2 is 0.556 bits per heavy atom. The summed E-state index contributed by atoms with van der Waals surface area (Å²) in [5, 5.41) is 5.21. The minimum absolute atomic E-state index is 0.599. The predicted molar refractivity (Wildman–Crippen MR) is 332 cm³/mol. The maximum atomic E-state index is 6.66. The topological polar surface area (TPSA) is 58.5 Å². The van der Waals surface area contributed by atoms with Crippen LogP contribution in [0.5, 0.6) is 0 Å². The molecule has 1 spiro atoms. The Hall–Kier alpha value is -10.6. The van der Waals surface area contributed by atoms with Gasteiger partial charge in [0.1, 0.15) is 11.0 Å². The van der Waals surface area contributed by atoms with Gasteiger partial charge in [-0.1, -0.05) is 170 Å². The number of benzene rings is 12. The number of oxazole rings is 2. The summed E-state index contributed by atoms with van der Waals surface area (Å²) in [7, 11) is -3.46. The van der Waals surface area contributed by atoms with Crippen LogP contribution in [0.25, 0.3) is 112 Å². The van der Waals surface area contributed by atoms with Crippen LogP contribution in [0.15, 0.2) is 276 Å². The lowest BCUT2D eigenvalue weighted by molar-refractivity contribution is 0.619. The Morgan fingerprint density at radius 3 is 0.914 bits per heavy atom. The number of para-hydroxylation sites is 8. The van der Waals surface area contributed by atoms with Crippen molar-refractivity contribution in [3.05, 3.63) is 267 Å². The average Bonchev–Trinajstić information content (AvgIpc) is 3.16. The van der Waals surface area contributed by atoms with Crippen molar-refractivity contribution in [1.82, 2.24) is 9.97 Å². The second-order valence-corrected chi connectivity index (χ2v) is 25.2. The zero-order valence-corrected chi connectivity index (χ0v) is 44.5. The molecule has 0 N–H and O–H groups in total. The molecule has 376 valence electrons. The summed E-state index contributed by atoms with van der Waals surface area (Å²) >= 11 is 0. The molecule has 0 saturated carbocycles. The van der Waals surface area contributed by atoms with E-state index >= 15 is 0 Å². The molecule has 4 aliphatic heterocycles. The van der Waals surface area contributed by atoms with Crippen LogP contribution < -0.4 is 30.5 Å². The predicted octanol–water partition coefficient (Wildman–Crippen LogP) is 16.9. The fraction of sp³-hybridized carbons (Fsp3) is 0. The van der Waals surface area contributed by atoms with Crippen LogP contribution in [-0.2, 0) is 0 Å². The third kappa shape index (κ3) is 6.20. The van der Waals surface area contributed by atoms with E-state index < -0.39 is 8.07 Å². The lowest BCUT2D eigenvalue weighted by Gasteiger charge is -2.32. The van der Waals surface area contributed by atoms with Gasteiger partial charge in [0.15, 0.2) is 19.2 Å². The van der Waals surface area contributed by atoms with Crippen LogP contribution in [0.2, 0.25) is 0 Å². The normalized spacial score (nSPS) is 13.5. The van der Waals surface area contributed by atoms with Gasteiger partial charge in [-0.2, -0.15) is 0 Å². The first-order chi connectivity index (χ1) is 40.2. The van der Waals surface area contributed by atoms with Gasteiger partial charge in [-0.15, -0.1) is 0 Å². The molecule has 18 rings (SSSR count). The highest BCUT2D eigenvalue weighted by Gasteiger charge is 2.55. The van der Waals surface area contributed by atoms with Gasteiger partial charge in [0.25, 0.3) is 0 Å². The molecule has 0 fully saturated rings. The van der Waals surface area contributed by atoms with Crippen molar-refractivity contribution < 1.29 is 8.83 Å². The minimum Gasteiger partial charge on any atom is -0.436 e. The second-order valence-electron chi connectivity index (χ2n) is 21.5. The summed E-state index contributed by atoms with van der Waals surface area (Å²) in [4.78, 5) is 15.3. The molecule has 12 aromatic carbocycles. The molecule has 0 aliphatic carbocycles. The highest BCUT2D eigenvalue weighted by Crippen LogP contribution is 2.54. The Balaban J connectivity index is 0.950. The minimum atomic E-state index is -3.46. The molecule has 14 aromatic rings. The largest absolute Gasteiger partial charge is 0.436 e. The lowest BCUT2D eigenvalue weighted by atomic mass is 9.95. The Kier molecular flexibility index (Phi) is 9.16. The monoisotopic (exact) mass is 1050 g/mol. The molecule has 2 aromatic heterocycles. The van der Waals surface area contributed by atoms with Crippen molar-refractivity contribution in [3.63, 3.8) is 0 Å². The zero-order valence-electron chi connectivity index (χ0n) is 43.5. The number of anilines is 6. The highest BCUT2D eigenvalue weighted by atomic mass is 28.3. The van der Waals surface area contributed by atoms with Crippen LogP contribution in [0.4, 0.5) is 34.1 Å². The Labute approximate surface area is 467 Å². The molecule has 0 bridgehead atoms. The molecule has 4 aliphatic rings. The molecule has 0 saturated heterocycles. The van der Waals surface area contributed by atoms with Gasteiger partial charge in [-0.05, 0) is 162 Å². The third-order valence-corrected chi connectivity index (χ3v) is 22.3. The van der Waals surface area contributed by atoms with Gasteiger partial charge in [-0.25, -0.2) is 9.97 Å². The lowest BCUT2D eigenvalue weighted by Crippen LogP contribution is -2.70. The summed E-state index contributed by atoms with van der Waals surface area (Å²) < 4.78 is 13.3. The number of aromatic nitrogens is 2. The standard InChI is InChI=1S/C74H44N4O2Si/c1-2-18-50-49(17-1)53-21-5-11-27-63(53)77(64-28-12-6-22-54(50)64)47-35-39-59-60-40-36-48(78-65-29-13-7-23-55(65)51-19-3-4-20-52(51)56-24-8-14-30-66(56)78)44-72(60)81(71(59)43-47)69-41-45(73-75-61-25-9-15-31-67(61)79-73)33-37-57(69)58-38-34-46(42-70(58)81)74-76-62-26-10-16-32-68(62)80-74/h1-44H. The Morgan fingerprint density at radius 1 is 0.259 bits per heavy atom. The van der Waals surface area contributed by atoms with Gasteiger partial charge < -0.3 is 18.6 Å². The summed E-state index contributed by atoms with van der Waals surface area (Å²) in [5.41, 5.74) is 26.2. The van der Waals surface area contributed by atoms with E-state index in [9.17, 15) is 0 Å². The van der Waals surface area contributed by atoms with Crippen molar-refractivity contribution in [2.75, 3.05) is 9.80 Å². The van der Waals surface area contributed by atoms with Gasteiger partial charge >= 0.3 is 0 Å². The van der Waals surface area contributed by atoms with E-state index in [1.54, 1.807) is 0 Å². The Bertz CT molecular complexity index is 4500. The molecular formula is C74H44N4O2Si. The van der Waals surface area contributed by atoms with E-state index in [0.29, 0.717) is 11.8 Å². The molecule has 7 heteroatoms. The van der Waals surface area contributed by atoms with E-state index in [1.165, 1.54) is 87.5 Å². The maximum Gasteiger partial charge on any atom is 0.227 e. The summed E-state index contributed by atoms with van der Waals surface area (Å²) in [6, 6.07) is 97.9. The van der Waals surface area contributed by atoms with Crippen molar-refractivity contribution in [3.8, 4) is 89.7 Å². The van der Waals surface area contributed by atoms with E-state index in [0.717, 1.165) is 67.5 Å². The summed E-state index contributed by atoms with van der Waals surface area (Å²) in [5.74, 6) is 1.20. The number of hydrogen-bond acceptors (Lipinski definition) is 6. The smallest absolute Gasteiger partial charge is 0.227 e. The first kappa shape index (κ1) is 44.4. The van der Waals surface area contributed by atoms with Crippen LogP contribution >= 0.6 is 0 Å². The third-order valence-electron chi connectivity index (χ3n) is 17.4. The number of fused-ring (bicyclic) bond motifs is 22. The van der Waals surface area contributed by atoms with Crippen LogP contribution in [0.3, 0.4) is 0 Å². The summed E-state index contributed by atoms with van der Waals surface area (Å²) in [6.45, 7) is 0. The van der Waals surface area contributed by atoms with E-state index in [-0.39, 0.29) is 0 Å². The molecule has 0 unspecified atom stereocenters. The number of rotatable bonds is 4. The van der Waals surface area contributed by atoms with Crippen molar-refractivity contribution in [1.29, 1.82) is 0 Å². The SMILES string of the molecule is c1ccc2c(c1)-c1ccccc1N(c1ccc3c(c1)[Si]1(c4cc(-c5nc6ccccc6o5)ccc4-c4ccc(-c5nc6ccccc6o5)cc41)c1cc(N4c5ccccc5-c5ccccc5-c5ccccc54)ccc1-3)c1ccccc1-2. The molecule has 0 atom stereocenters. The van der Waals surface area contributed by atoms with Crippen molar-refractivity contribution in [2.24, 2.45) is 0 Å². The molecule has 6 heterocycles. The van der Waals surface area contributed by atoms with Crippen LogP contribution in [0, 0.1) is 0 Å². The van der Waals surface area contributed by atoms with Gasteiger partial charge in [0, 0.05) is 44.8 Å². The van der Waals surface area contributed by atoms with E-state index in [1.807, 2.05) is 48.5 Å². The highest BCUT2D eigenvalue weighted by molar-refractivity contribution is 7.24. The van der Waals surface area contributed by atoms with Crippen molar-refractivity contribution in [2.45, 2.75) is 0 Å². The maximum absolute atomic E-state index is 6.66. The van der Waals surface area contributed by atoms with Crippen molar-refractivity contribution >= 4 is 85.1 Å². The molecule has 6 nitrogen and oxygen atoms in total. The molecule has 0 amide bonds. The first-order valence-electron chi connectivity index (χ1n) is 27.6. The van der Waals surface area contributed by atoms with Gasteiger partial charge in [0.05, 0.1) is 22.7 Å². The van der Waals surface area contributed by atoms with Gasteiger partial charge in [0.2, 0.25) is 11.8 Å². The fourth-order valence-electron chi connectivity index (χ4n) is 14.0.